The van der Waals surface area contributed by atoms with Crippen LogP contribution in [0.5, 0.6) is 0 Å². The molecule has 2 radical (unpaired) electrons. The van der Waals surface area contributed by atoms with Gasteiger partial charge in [-0.3, -0.25) is 0 Å². The summed E-state index contributed by atoms with van der Waals surface area (Å²) < 4.78 is 0. The first-order chi connectivity index (χ1) is 5.02. The molecule has 0 N–H and O–H groups in total. The largest absolute Gasteiger partial charge is 0.0648 e. The van der Waals surface area contributed by atoms with Gasteiger partial charge >= 0.3 is 0 Å². The highest BCUT2D eigenvalue weighted by atomic mass is 14.5. The van der Waals surface area contributed by atoms with Crippen molar-refractivity contribution in [1.29, 1.82) is 0 Å². The van der Waals surface area contributed by atoms with Gasteiger partial charge in [-0.05, 0) is 30.1 Å². The van der Waals surface area contributed by atoms with Crippen molar-refractivity contribution in [2.45, 2.75) is 53.4 Å². The Balaban J connectivity index is 2.74. The van der Waals surface area contributed by atoms with Gasteiger partial charge in [0.25, 0.3) is 0 Å². The van der Waals surface area contributed by atoms with Crippen LogP contribution >= 0.6 is 0 Å². The molecule has 0 bridgehead atoms. The molecule has 0 saturated heterocycles. The van der Waals surface area contributed by atoms with Crippen LogP contribution in [-0.2, 0) is 0 Å². The predicted octanol–water partition coefficient (Wildman–Crippen LogP) is 3.69. The molecule has 64 valence electrons. The van der Waals surface area contributed by atoms with E-state index in [4.69, 9.17) is 0 Å². The maximum Gasteiger partial charge on any atom is -0.0106 e. The fraction of sp³-hybridized carbons (Fsp3) is 0.909. The fourth-order valence-corrected chi connectivity index (χ4v) is 2.02. The lowest BCUT2D eigenvalue weighted by molar-refractivity contribution is 0.0744. The third-order valence-corrected chi connectivity index (χ3v) is 3.76. The predicted molar refractivity (Wildman–Crippen MR) is 49.3 cm³/mol. The molecule has 1 unspecified atom stereocenters. The molecule has 1 aliphatic rings. The molecule has 0 aromatic carbocycles. The highest BCUT2D eigenvalue weighted by Crippen LogP contribution is 2.51. The van der Waals surface area contributed by atoms with E-state index >= 15 is 0 Å². The summed E-state index contributed by atoms with van der Waals surface area (Å²) in [7, 11) is 0. The number of hydrogen-bond acceptors (Lipinski definition) is 0. The second-order valence-corrected chi connectivity index (χ2v) is 4.57. The molecule has 1 fully saturated rings. The lowest BCUT2D eigenvalue weighted by Gasteiger charge is -2.47. The zero-order chi connectivity index (χ0) is 8.54. The van der Waals surface area contributed by atoms with Crippen molar-refractivity contribution in [3.05, 3.63) is 6.42 Å². The van der Waals surface area contributed by atoms with Crippen LogP contribution in [0.3, 0.4) is 0 Å². The lowest BCUT2D eigenvalue weighted by atomic mass is 9.58. The Kier molecular flexibility index (Phi) is 2.32. The van der Waals surface area contributed by atoms with E-state index in [1.807, 2.05) is 0 Å². The first-order valence-corrected chi connectivity index (χ1v) is 4.77. The highest BCUT2D eigenvalue weighted by molar-refractivity contribution is 5.01. The van der Waals surface area contributed by atoms with Gasteiger partial charge in [0.1, 0.15) is 0 Å². The second-order valence-electron chi connectivity index (χ2n) is 4.57. The molecule has 0 aliphatic heterocycles. The summed E-state index contributed by atoms with van der Waals surface area (Å²) in [5.41, 5.74) is 0.839. The molecule has 1 rings (SSSR count). The van der Waals surface area contributed by atoms with Crippen LogP contribution in [0.2, 0.25) is 0 Å². The molecule has 11 heavy (non-hydrogen) atoms. The highest BCUT2D eigenvalue weighted by Gasteiger charge is 2.41. The minimum absolute atomic E-state index is 0.333. The first kappa shape index (κ1) is 9.09. The molecule has 0 aromatic heterocycles. The van der Waals surface area contributed by atoms with Crippen molar-refractivity contribution < 1.29 is 0 Å². The Bertz CT molecular complexity index is 135. The lowest BCUT2D eigenvalue weighted by Crippen LogP contribution is -2.38. The summed E-state index contributed by atoms with van der Waals surface area (Å²) in [5, 5.41) is 0. The van der Waals surface area contributed by atoms with Gasteiger partial charge in [-0.15, -0.1) is 0 Å². The molecule has 0 nitrogen and oxygen atoms in total. The minimum atomic E-state index is 0.333. The van der Waals surface area contributed by atoms with E-state index in [-0.39, 0.29) is 0 Å². The maximum absolute atomic E-state index is 3.60. The Hall–Kier alpha value is 0. The van der Waals surface area contributed by atoms with Crippen molar-refractivity contribution in [1.82, 2.24) is 0 Å². The standard InChI is InChI=1S/C11H20/c1-5-11(4)9-7-6-8-10(11,2)3/h5-7,9H2,1-4H3. The topological polar surface area (TPSA) is 0 Å². The number of hydrogen-bond donors (Lipinski definition) is 0. The van der Waals surface area contributed by atoms with Crippen LogP contribution in [0.4, 0.5) is 0 Å². The van der Waals surface area contributed by atoms with Crippen LogP contribution in [-0.4, -0.2) is 0 Å². The molecular weight excluding hydrogens is 132 g/mol. The molecule has 1 atom stereocenters. The van der Waals surface area contributed by atoms with Crippen molar-refractivity contribution >= 4 is 0 Å². The molecule has 0 heterocycles. The van der Waals surface area contributed by atoms with Crippen LogP contribution in [0.15, 0.2) is 0 Å². The van der Waals surface area contributed by atoms with E-state index in [9.17, 15) is 0 Å². The molecular formula is C11H20. The fourth-order valence-electron chi connectivity index (χ4n) is 2.02. The molecule has 0 heteroatoms. The van der Waals surface area contributed by atoms with Gasteiger partial charge in [-0.2, -0.15) is 0 Å². The van der Waals surface area contributed by atoms with Gasteiger partial charge in [0.15, 0.2) is 0 Å². The van der Waals surface area contributed by atoms with Crippen molar-refractivity contribution in [2.75, 3.05) is 0 Å². The molecule has 1 aliphatic carbocycles. The van der Waals surface area contributed by atoms with Crippen molar-refractivity contribution in [3.63, 3.8) is 0 Å². The quantitative estimate of drug-likeness (QED) is 0.537. The summed E-state index contributed by atoms with van der Waals surface area (Å²) in [6, 6.07) is 0. The summed E-state index contributed by atoms with van der Waals surface area (Å²) in [5.74, 6) is 0. The average Bonchev–Trinajstić information content (AvgIpc) is 1.95. The van der Waals surface area contributed by atoms with Crippen LogP contribution in [0.25, 0.3) is 0 Å². The Morgan fingerprint density at radius 2 is 1.91 bits per heavy atom. The van der Waals surface area contributed by atoms with Crippen molar-refractivity contribution in [3.8, 4) is 0 Å². The zero-order valence-corrected chi connectivity index (χ0v) is 8.33. The monoisotopic (exact) mass is 152 g/mol. The third kappa shape index (κ3) is 1.45. The average molecular weight is 152 g/mol. The normalized spacial score (nSPS) is 37.1. The van der Waals surface area contributed by atoms with E-state index < -0.39 is 0 Å². The summed E-state index contributed by atoms with van der Waals surface area (Å²) >= 11 is 0. The number of rotatable bonds is 1. The van der Waals surface area contributed by atoms with Gasteiger partial charge in [-0.25, -0.2) is 0 Å². The summed E-state index contributed by atoms with van der Waals surface area (Å²) in [4.78, 5) is 0. The van der Waals surface area contributed by atoms with Crippen LogP contribution in [0.1, 0.15) is 53.4 Å². The Morgan fingerprint density at radius 1 is 1.27 bits per heavy atom. The van der Waals surface area contributed by atoms with Gasteiger partial charge in [0, 0.05) is 0 Å². The Labute approximate surface area is 71.4 Å². The SMILES string of the molecule is CCC1(C)CCC[C]C1(C)C. The molecule has 0 aromatic rings. The van der Waals surface area contributed by atoms with E-state index in [2.05, 4.69) is 34.1 Å². The van der Waals surface area contributed by atoms with E-state index in [1.54, 1.807) is 0 Å². The summed E-state index contributed by atoms with van der Waals surface area (Å²) in [6.45, 7) is 9.36. The van der Waals surface area contributed by atoms with Gasteiger partial charge in [0.2, 0.25) is 0 Å². The van der Waals surface area contributed by atoms with Crippen LogP contribution < -0.4 is 0 Å². The Morgan fingerprint density at radius 3 is 2.27 bits per heavy atom. The smallest absolute Gasteiger partial charge is 0.0106 e. The molecule has 0 amide bonds. The first-order valence-electron chi connectivity index (χ1n) is 4.77. The zero-order valence-electron chi connectivity index (χ0n) is 8.33. The molecule has 1 saturated carbocycles. The third-order valence-electron chi connectivity index (χ3n) is 3.76. The van der Waals surface area contributed by atoms with Gasteiger partial charge in [0.05, 0.1) is 0 Å². The van der Waals surface area contributed by atoms with Crippen LogP contribution in [0, 0.1) is 17.3 Å². The molecule has 0 spiro atoms. The van der Waals surface area contributed by atoms with E-state index in [0.29, 0.717) is 10.8 Å². The maximum atomic E-state index is 3.60. The van der Waals surface area contributed by atoms with E-state index in [1.165, 1.54) is 25.7 Å². The van der Waals surface area contributed by atoms with Gasteiger partial charge in [-0.1, -0.05) is 40.5 Å². The van der Waals surface area contributed by atoms with E-state index in [0.717, 1.165) is 0 Å². The summed E-state index contributed by atoms with van der Waals surface area (Å²) in [6.07, 6.45) is 8.80. The van der Waals surface area contributed by atoms with Gasteiger partial charge < -0.3 is 0 Å². The second kappa shape index (κ2) is 2.80. The minimum Gasteiger partial charge on any atom is -0.0648 e. The van der Waals surface area contributed by atoms with Crippen molar-refractivity contribution in [2.24, 2.45) is 10.8 Å².